The summed E-state index contributed by atoms with van der Waals surface area (Å²) in [6, 6.07) is 5.02. The molecule has 1 rings (SSSR count). The maximum absolute atomic E-state index is 12.8. The van der Waals surface area contributed by atoms with Crippen LogP contribution in [-0.4, -0.2) is 42.4 Å². The van der Waals surface area contributed by atoms with Crippen molar-refractivity contribution in [1.29, 1.82) is 0 Å². The van der Waals surface area contributed by atoms with E-state index < -0.39 is 29.2 Å². The Morgan fingerprint density at radius 3 is 2.04 bits per heavy atom. The van der Waals surface area contributed by atoms with Crippen molar-refractivity contribution in [1.82, 2.24) is 5.32 Å². The summed E-state index contributed by atoms with van der Waals surface area (Å²) in [6.07, 6.45) is -1.12. The Morgan fingerprint density at radius 1 is 1.07 bits per heavy atom. The number of rotatable bonds is 7. The lowest BCUT2D eigenvalue weighted by Crippen LogP contribution is -2.63. The molecule has 0 saturated heterocycles. The highest BCUT2D eigenvalue weighted by Crippen LogP contribution is 2.24. The number of hydrogen-bond donors (Lipinski definition) is 1. The van der Waals surface area contributed by atoms with E-state index in [4.69, 9.17) is 25.8 Å². The molecule has 0 saturated carbocycles. The Labute approximate surface area is 183 Å². The molecule has 0 aliphatic carbocycles. The van der Waals surface area contributed by atoms with E-state index in [0.717, 1.165) is 3.57 Å². The fourth-order valence-corrected chi connectivity index (χ4v) is 3.01. The monoisotopic (exact) mass is 525 g/mol. The van der Waals surface area contributed by atoms with Gasteiger partial charge in [-0.3, -0.25) is 5.32 Å². The first-order valence-corrected chi connectivity index (χ1v) is 10.2. The lowest BCUT2D eigenvalue weighted by Gasteiger charge is -2.31. The van der Waals surface area contributed by atoms with Crippen molar-refractivity contribution in [3.8, 4) is 0 Å². The molecule has 0 aromatic heterocycles. The van der Waals surface area contributed by atoms with Gasteiger partial charge < -0.3 is 14.2 Å². The van der Waals surface area contributed by atoms with E-state index in [1.165, 1.54) is 0 Å². The minimum Gasteiger partial charge on any atom is -0.464 e. The second kappa shape index (κ2) is 10.3. The van der Waals surface area contributed by atoms with Gasteiger partial charge in [0, 0.05) is 9.99 Å². The maximum Gasteiger partial charge on any atom is 0.409 e. The molecule has 1 amide bonds. The zero-order valence-corrected chi connectivity index (χ0v) is 19.5. The van der Waals surface area contributed by atoms with E-state index in [0.29, 0.717) is 10.6 Å². The fraction of sp³-hybridized carbons (Fsp3) is 0.526. The number of nitrogens with one attached hydrogen (secondary N) is 1. The first kappa shape index (κ1) is 24.5. The van der Waals surface area contributed by atoms with Crippen molar-refractivity contribution in [2.45, 2.75) is 52.2 Å². The Balaban J connectivity index is 3.40. The van der Waals surface area contributed by atoms with Gasteiger partial charge in [0.1, 0.15) is 5.60 Å². The molecular formula is C19H25ClINO6. The molecule has 7 nitrogen and oxygen atoms in total. The van der Waals surface area contributed by atoms with Crippen LogP contribution in [-0.2, 0) is 30.2 Å². The second-order valence-corrected chi connectivity index (χ2v) is 8.47. The Morgan fingerprint density at radius 2 is 1.61 bits per heavy atom. The minimum absolute atomic E-state index is 0.0220. The molecule has 0 spiro atoms. The van der Waals surface area contributed by atoms with E-state index in [1.54, 1.807) is 52.8 Å². The number of esters is 2. The van der Waals surface area contributed by atoms with Crippen LogP contribution in [0.25, 0.3) is 0 Å². The number of hydrogen-bond acceptors (Lipinski definition) is 6. The standard InChI is InChI=1S/C19H25ClINO6/c1-6-26-15(23)19(16(24)27-7-2,22-17(25)28-18(3,4)5)11-12-8-9-13(20)14(21)10-12/h8-10H,6-7,11H2,1-5H3,(H,22,25). The lowest BCUT2D eigenvalue weighted by atomic mass is 9.90. The van der Waals surface area contributed by atoms with Crippen molar-refractivity contribution >= 4 is 52.2 Å². The summed E-state index contributed by atoms with van der Waals surface area (Å²) in [6.45, 7) is 8.26. The molecule has 1 aromatic rings. The lowest BCUT2D eigenvalue weighted by molar-refractivity contribution is -0.166. The first-order chi connectivity index (χ1) is 12.9. The van der Waals surface area contributed by atoms with Gasteiger partial charge in [-0.25, -0.2) is 14.4 Å². The molecule has 0 heterocycles. The molecule has 0 fully saturated rings. The topological polar surface area (TPSA) is 90.9 Å². The number of halogens is 2. The number of benzene rings is 1. The summed E-state index contributed by atoms with van der Waals surface area (Å²) in [5.41, 5.74) is -2.33. The van der Waals surface area contributed by atoms with Crippen molar-refractivity contribution in [3.05, 3.63) is 32.4 Å². The van der Waals surface area contributed by atoms with Crippen LogP contribution in [0, 0.1) is 3.57 Å². The zero-order valence-electron chi connectivity index (χ0n) is 16.6. The minimum atomic E-state index is -2.09. The Bertz CT molecular complexity index is 714. The van der Waals surface area contributed by atoms with Crippen LogP contribution < -0.4 is 5.32 Å². The second-order valence-electron chi connectivity index (χ2n) is 6.90. The molecule has 156 valence electrons. The predicted octanol–water partition coefficient (Wildman–Crippen LogP) is 3.88. The molecule has 0 unspecified atom stereocenters. The fourth-order valence-electron chi connectivity index (χ4n) is 2.32. The average Bonchev–Trinajstić information content (AvgIpc) is 2.56. The summed E-state index contributed by atoms with van der Waals surface area (Å²) < 4.78 is 16.2. The number of carbonyl (C=O) groups is 3. The summed E-state index contributed by atoms with van der Waals surface area (Å²) in [5, 5.41) is 2.92. The first-order valence-electron chi connectivity index (χ1n) is 8.74. The molecular weight excluding hydrogens is 501 g/mol. The summed E-state index contributed by atoms with van der Waals surface area (Å²) >= 11 is 8.09. The van der Waals surface area contributed by atoms with Crippen LogP contribution in [0.3, 0.4) is 0 Å². The van der Waals surface area contributed by atoms with Crippen LogP contribution in [0.4, 0.5) is 4.79 Å². The molecule has 0 atom stereocenters. The van der Waals surface area contributed by atoms with Gasteiger partial charge in [-0.2, -0.15) is 0 Å². The molecule has 28 heavy (non-hydrogen) atoms. The highest BCUT2D eigenvalue weighted by molar-refractivity contribution is 14.1. The van der Waals surface area contributed by atoms with Crippen molar-refractivity contribution in [2.24, 2.45) is 0 Å². The van der Waals surface area contributed by atoms with Gasteiger partial charge in [0.2, 0.25) is 5.54 Å². The molecule has 0 radical (unpaired) electrons. The largest absolute Gasteiger partial charge is 0.464 e. The third kappa shape index (κ3) is 6.80. The Kier molecular flexibility index (Phi) is 9.00. The van der Waals surface area contributed by atoms with Gasteiger partial charge in [-0.1, -0.05) is 17.7 Å². The normalized spacial score (nSPS) is 11.5. The SMILES string of the molecule is CCOC(=O)C(Cc1ccc(Cl)c(I)c1)(NC(=O)OC(C)(C)C)C(=O)OCC. The quantitative estimate of drug-likeness (QED) is 0.251. The highest BCUT2D eigenvalue weighted by Gasteiger charge is 2.51. The van der Waals surface area contributed by atoms with Crippen molar-refractivity contribution in [2.75, 3.05) is 13.2 Å². The maximum atomic E-state index is 12.8. The van der Waals surface area contributed by atoms with E-state index >= 15 is 0 Å². The molecule has 9 heteroatoms. The smallest absolute Gasteiger partial charge is 0.409 e. The van der Waals surface area contributed by atoms with Crippen LogP contribution in [0.1, 0.15) is 40.2 Å². The van der Waals surface area contributed by atoms with Gasteiger partial charge in [0.05, 0.1) is 18.2 Å². The van der Waals surface area contributed by atoms with Gasteiger partial charge in [0.25, 0.3) is 0 Å². The van der Waals surface area contributed by atoms with Gasteiger partial charge in [-0.15, -0.1) is 0 Å². The highest BCUT2D eigenvalue weighted by atomic mass is 127. The van der Waals surface area contributed by atoms with Crippen LogP contribution in [0.5, 0.6) is 0 Å². The van der Waals surface area contributed by atoms with E-state index in [2.05, 4.69) is 5.32 Å². The summed E-state index contributed by atoms with van der Waals surface area (Å²) in [5.74, 6) is -1.85. The summed E-state index contributed by atoms with van der Waals surface area (Å²) in [7, 11) is 0. The van der Waals surface area contributed by atoms with E-state index in [-0.39, 0.29) is 19.6 Å². The summed E-state index contributed by atoms with van der Waals surface area (Å²) in [4.78, 5) is 38.1. The van der Waals surface area contributed by atoms with Gasteiger partial charge >= 0.3 is 18.0 Å². The third-order valence-corrected chi connectivity index (χ3v) is 4.96. The predicted molar refractivity (Wildman–Crippen MR) is 113 cm³/mol. The molecule has 1 aromatic carbocycles. The van der Waals surface area contributed by atoms with Crippen molar-refractivity contribution in [3.63, 3.8) is 0 Å². The molecule has 0 aliphatic rings. The van der Waals surface area contributed by atoms with Crippen molar-refractivity contribution < 1.29 is 28.6 Å². The van der Waals surface area contributed by atoms with Gasteiger partial charge in [-0.05, 0) is 74.9 Å². The third-order valence-electron chi connectivity index (χ3n) is 3.42. The average molecular weight is 526 g/mol. The zero-order chi connectivity index (χ0) is 21.5. The number of carbonyl (C=O) groups excluding carboxylic acids is 3. The molecule has 0 bridgehead atoms. The van der Waals surface area contributed by atoms with E-state index in [9.17, 15) is 14.4 Å². The van der Waals surface area contributed by atoms with Crippen LogP contribution >= 0.6 is 34.2 Å². The number of amides is 1. The molecule has 0 aliphatic heterocycles. The van der Waals surface area contributed by atoms with Crippen LogP contribution in [0.15, 0.2) is 18.2 Å². The van der Waals surface area contributed by atoms with E-state index in [1.807, 2.05) is 22.6 Å². The number of ether oxygens (including phenoxy) is 3. The molecule has 1 N–H and O–H groups in total. The number of alkyl carbamates (subject to hydrolysis) is 1. The Hall–Kier alpha value is -1.55. The van der Waals surface area contributed by atoms with Gasteiger partial charge in [0.15, 0.2) is 0 Å². The van der Waals surface area contributed by atoms with Crippen LogP contribution in [0.2, 0.25) is 5.02 Å².